The molecule has 0 amide bonds. The van der Waals surface area contributed by atoms with Gasteiger partial charge in [0.15, 0.2) is 0 Å². The van der Waals surface area contributed by atoms with Crippen LogP contribution in [-0.4, -0.2) is 25.7 Å². The van der Waals surface area contributed by atoms with Crippen LogP contribution in [0.2, 0.25) is 0 Å². The van der Waals surface area contributed by atoms with Crippen LogP contribution in [0.3, 0.4) is 0 Å². The van der Waals surface area contributed by atoms with Gasteiger partial charge in [0.2, 0.25) is 0 Å². The van der Waals surface area contributed by atoms with E-state index in [4.69, 9.17) is 0 Å². The molecule has 1 saturated heterocycles. The van der Waals surface area contributed by atoms with Crippen molar-refractivity contribution in [1.29, 1.82) is 0 Å². The van der Waals surface area contributed by atoms with E-state index in [-0.39, 0.29) is 0 Å². The van der Waals surface area contributed by atoms with E-state index in [2.05, 4.69) is 59.6 Å². The van der Waals surface area contributed by atoms with E-state index in [0.29, 0.717) is 6.04 Å². The van der Waals surface area contributed by atoms with Crippen LogP contribution in [0.25, 0.3) is 10.8 Å². The standard InChI is InChI=1S/C16H20N2/c1-2-15-12-18(10-9-17-15)16-8-7-13-5-3-4-6-14(13)11-16/h3-8,11,15,17H,2,9-10,12H2,1H3. The summed E-state index contributed by atoms with van der Waals surface area (Å²) in [5.74, 6) is 0. The molecule has 1 atom stereocenters. The van der Waals surface area contributed by atoms with Crippen molar-refractivity contribution in [3.05, 3.63) is 42.5 Å². The van der Waals surface area contributed by atoms with Crippen molar-refractivity contribution < 1.29 is 0 Å². The van der Waals surface area contributed by atoms with Gasteiger partial charge in [-0.25, -0.2) is 0 Å². The Balaban J connectivity index is 1.89. The molecule has 0 radical (unpaired) electrons. The normalized spacial score (nSPS) is 20.3. The summed E-state index contributed by atoms with van der Waals surface area (Å²) < 4.78 is 0. The van der Waals surface area contributed by atoms with E-state index in [1.807, 2.05) is 0 Å². The average molecular weight is 240 g/mol. The maximum Gasteiger partial charge on any atom is 0.0373 e. The highest BCUT2D eigenvalue weighted by molar-refractivity contribution is 5.85. The molecular weight excluding hydrogens is 220 g/mol. The lowest BCUT2D eigenvalue weighted by Gasteiger charge is -2.35. The van der Waals surface area contributed by atoms with Crippen molar-refractivity contribution in [3.63, 3.8) is 0 Å². The number of hydrogen-bond donors (Lipinski definition) is 1. The Morgan fingerprint density at radius 1 is 1.17 bits per heavy atom. The Labute approximate surface area is 109 Å². The number of nitrogens with one attached hydrogen (secondary N) is 1. The van der Waals surface area contributed by atoms with E-state index >= 15 is 0 Å². The summed E-state index contributed by atoms with van der Waals surface area (Å²) in [6, 6.07) is 16.0. The molecule has 1 aliphatic heterocycles. The van der Waals surface area contributed by atoms with Crippen molar-refractivity contribution in [2.75, 3.05) is 24.5 Å². The first-order valence-corrected chi connectivity index (χ1v) is 6.84. The zero-order valence-corrected chi connectivity index (χ0v) is 10.9. The fraction of sp³-hybridized carbons (Fsp3) is 0.375. The van der Waals surface area contributed by atoms with E-state index in [0.717, 1.165) is 19.6 Å². The first-order valence-electron chi connectivity index (χ1n) is 6.84. The summed E-state index contributed by atoms with van der Waals surface area (Å²) in [5, 5.41) is 6.22. The molecule has 3 rings (SSSR count). The number of fused-ring (bicyclic) bond motifs is 1. The lowest BCUT2D eigenvalue weighted by atomic mass is 10.1. The maximum atomic E-state index is 3.56. The van der Waals surface area contributed by atoms with Crippen molar-refractivity contribution in [3.8, 4) is 0 Å². The van der Waals surface area contributed by atoms with Crippen LogP contribution >= 0.6 is 0 Å². The molecule has 2 aromatic carbocycles. The predicted octanol–water partition coefficient (Wildman–Crippen LogP) is 3.03. The second-order valence-corrected chi connectivity index (χ2v) is 5.04. The van der Waals surface area contributed by atoms with Crippen molar-refractivity contribution in [2.45, 2.75) is 19.4 Å². The molecule has 2 nitrogen and oxygen atoms in total. The molecule has 1 aliphatic rings. The van der Waals surface area contributed by atoms with Crippen molar-refractivity contribution in [2.24, 2.45) is 0 Å². The van der Waals surface area contributed by atoms with Crippen LogP contribution in [0.15, 0.2) is 42.5 Å². The summed E-state index contributed by atoms with van der Waals surface area (Å²) in [7, 11) is 0. The number of hydrogen-bond acceptors (Lipinski definition) is 2. The molecule has 0 bridgehead atoms. The molecular formula is C16H20N2. The molecule has 0 aliphatic carbocycles. The Kier molecular flexibility index (Phi) is 3.20. The highest BCUT2D eigenvalue weighted by Crippen LogP contribution is 2.23. The van der Waals surface area contributed by atoms with Crippen LogP contribution in [0.4, 0.5) is 5.69 Å². The molecule has 0 spiro atoms. The van der Waals surface area contributed by atoms with Gasteiger partial charge in [-0.05, 0) is 29.3 Å². The second-order valence-electron chi connectivity index (χ2n) is 5.04. The number of piperazine rings is 1. The lowest BCUT2D eigenvalue weighted by Crippen LogP contribution is -2.50. The molecule has 1 N–H and O–H groups in total. The van der Waals surface area contributed by atoms with E-state index < -0.39 is 0 Å². The highest BCUT2D eigenvalue weighted by atomic mass is 15.2. The van der Waals surface area contributed by atoms with Gasteiger partial charge in [0.25, 0.3) is 0 Å². The molecule has 1 heterocycles. The zero-order chi connectivity index (χ0) is 12.4. The topological polar surface area (TPSA) is 15.3 Å². The Morgan fingerprint density at radius 3 is 2.83 bits per heavy atom. The zero-order valence-electron chi connectivity index (χ0n) is 10.9. The second kappa shape index (κ2) is 4.99. The molecule has 1 fully saturated rings. The van der Waals surface area contributed by atoms with Crippen LogP contribution in [0, 0.1) is 0 Å². The first-order chi connectivity index (χ1) is 8.86. The molecule has 1 unspecified atom stereocenters. The van der Waals surface area contributed by atoms with E-state index in [1.54, 1.807) is 0 Å². The van der Waals surface area contributed by atoms with E-state index in [1.165, 1.54) is 22.9 Å². The quantitative estimate of drug-likeness (QED) is 0.868. The minimum atomic E-state index is 0.630. The average Bonchev–Trinajstić information content (AvgIpc) is 2.47. The third-order valence-corrected chi connectivity index (χ3v) is 3.85. The Bertz CT molecular complexity index is 535. The maximum absolute atomic E-state index is 3.56. The number of anilines is 1. The van der Waals surface area contributed by atoms with E-state index in [9.17, 15) is 0 Å². The third kappa shape index (κ3) is 2.21. The SMILES string of the molecule is CCC1CN(c2ccc3ccccc3c2)CCN1. The highest BCUT2D eigenvalue weighted by Gasteiger charge is 2.17. The third-order valence-electron chi connectivity index (χ3n) is 3.85. The summed E-state index contributed by atoms with van der Waals surface area (Å²) in [6.07, 6.45) is 1.20. The Morgan fingerprint density at radius 2 is 2.00 bits per heavy atom. The van der Waals surface area contributed by atoms with Crippen molar-refractivity contribution >= 4 is 16.5 Å². The molecule has 94 valence electrons. The lowest BCUT2D eigenvalue weighted by molar-refractivity contribution is 0.447. The number of rotatable bonds is 2. The van der Waals surface area contributed by atoms with Gasteiger partial charge in [0.05, 0.1) is 0 Å². The predicted molar refractivity (Wildman–Crippen MR) is 78.2 cm³/mol. The molecule has 0 aromatic heterocycles. The van der Waals surface area contributed by atoms with Gasteiger partial charge >= 0.3 is 0 Å². The summed E-state index contributed by atoms with van der Waals surface area (Å²) >= 11 is 0. The van der Waals surface area contributed by atoms with Gasteiger partial charge in [0.1, 0.15) is 0 Å². The minimum absolute atomic E-state index is 0.630. The molecule has 2 heteroatoms. The summed E-state index contributed by atoms with van der Waals surface area (Å²) in [5.41, 5.74) is 1.36. The van der Waals surface area contributed by atoms with Crippen LogP contribution < -0.4 is 10.2 Å². The van der Waals surface area contributed by atoms with Gasteiger partial charge in [-0.15, -0.1) is 0 Å². The monoisotopic (exact) mass is 240 g/mol. The van der Waals surface area contributed by atoms with Gasteiger partial charge in [-0.3, -0.25) is 0 Å². The van der Waals surface area contributed by atoms with Crippen LogP contribution in [0.1, 0.15) is 13.3 Å². The first kappa shape index (κ1) is 11.5. The molecule has 2 aromatic rings. The van der Waals surface area contributed by atoms with Gasteiger partial charge in [-0.1, -0.05) is 37.3 Å². The van der Waals surface area contributed by atoms with Gasteiger partial charge < -0.3 is 10.2 Å². The Hall–Kier alpha value is -1.54. The fourth-order valence-corrected chi connectivity index (χ4v) is 2.71. The van der Waals surface area contributed by atoms with Crippen LogP contribution in [0.5, 0.6) is 0 Å². The number of nitrogens with zero attached hydrogens (tertiary/aromatic N) is 1. The molecule has 0 saturated carbocycles. The summed E-state index contributed by atoms with van der Waals surface area (Å²) in [4.78, 5) is 2.50. The van der Waals surface area contributed by atoms with Crippen LogP contribution in [-0.2, 0) is 0 Å². The smallest absolute Gasteiger partial charge is 0.0373 e. The molecule has 18 heavy (non-hydrogen) atoms. The minimum Gasteiger partial charge on any atom is -0.369 e. The van der Waals surface area contributed by atoms with Gasteiger partial charge in [-0.2, -0.15) is 0 Å². The fourth-order valence-electron chi connectivity index (χ4n) is 2.71. The largest absolute Gasteiger partial charge is 0.369 e. The van der Waals surface area contributed by atoms with Gasteiger partial charge in [0, 0.05) is 31.4 Å². The summed E-state index contributed by atoms with van der Waals surface area (Å²) in [6.45, 7) is 5.57. The van der Waals surface area contributed by atoms with Crippen molar-refractivity contribution in [1.82, 2.24) is 5.32 Å². The number of benzene rings is 2.